The molecule has 2 unspecified atom stereocenters. The fraction of sp³-hybridized carbons (Fsp3) is 0.630. The molecule has 4 heterocycles. The number of piperidine rings is 3. The Morgan fingerprint density at radius 3 is 2.45 bits per heavy atom. The van der Waals surface area contributed by atoms with E-state index in [0.29, 0.717) is 18.4 Å². The van der Waals surface area contributed by atoms with Gasteiger partial charge in [-0.25, -0.2) is 0 Å². The lowest BCUT2D eigenvalue weighted by atomic mass is 9.82. The molecule has 33 heavy (non-hydrogen) atoms. The first-order valence-electron chi connectivity index (χ1n) is 12.6. The van der Waals surface area contributed by atoms with Crippen molar-refractivity contribution in [1.29, 1.82) is 0 Å². The normalized spacial score (nSPS) is 28.9. The molecule has 4 fully saturated rings. The molecule has 6 rings (SSSR count). The average Bonchev–Trinajstić information content (AvgIpc) is 3.57. The van der Waals surface area contributed by atoms with Gasteiger partial charge in [0.1, 0.15) is 24.0 Å². The van der Waals surface area contributed by atoms with Crippen LogP contribution < -0.4 is 21.7 Å². The number of aliphatic hydroxyl groups is 1. The third-order valence-electron chi connectivity index (χ3n) is 8.33. The number of rotatable bonds is 10. The van der Waals surface area contributed by atoms with Crippen molar-refractivity contribution in [2.75, 3.05) is 39.4 Å². The van der Waals surface area contributed by atoms with E-state index >= 15 is 0 Å². The molecule has 1 aromatic heterocycles. The number of hydrogen-bond acceptors (Lipinski definition) is 4. The highest BCUT2D eigenvalue weighted by atomic mass is 79.9. The predicted molar refractivity (Wildman–Crippen MR) is 129 cm³/mol. The summed E-state index contributed by atoms with van der Waals surface area (Å²) < 4.78 is 13.7. The molecule has 0 spiro atoms. The van der Waals surface area contributed by atoms with Crippen LogP contribution in [0, 0.1) is 11.8 Å². The van der Waals surface area contributed by atoms with Crippen LogP contribution in [0.5, 0.6) is 5.75 Å². The van der Waals surface area contributed by atoms with E-state index in [2.05, 4.69) is 17.5 Å². The molecule has 1 saturated carbocycles. The summed E-state index contributed by atoms with van der Waals surface area (Å²) in [4.78, 5) is 1.09. The molecular formula is C27H38BrNO3S. The highest BCUT2D eigenvalue weighted by molar-refractivity contribution is 7.10. The summed E-state index contributed by atoms with van der Waals surface area (Å²) in [5.74, 6) is 1.96. The lowest BCUT2D eigenvalue weighted by Crippen LogP contribution is -3.00. The van der Waals surface area contributed by atoms with Crippen LogP contribution in [0.25, 0.3) is 0 Å². The van der Waals surface area contributed by atoms with Crippen molar-refractivity contribution in [3.05, 3.63) is 52.7 Å². The zero-order valence-electron chi connectivity index (χ0n) is 19.5. The second-order valence-corrected chi connectivity index (χ2v) is 11.2. The fourth-order valence-electron chi connectivity index (χ4n) is 6.38. The first-order chi connectivity index (χ1) is 15.7. The van der Waals surface area contributed by atoms with Gasteiger partial charge >= 0.3 is 0 Å². The minimum Gasteiger partial charge on any atom is -1.00 e. The van der Waals surface area contributed by atoms with Crippen LogP contribution in [0.4, 0.5) is 0 Å². The van der Waals surface area contributed by atoms with Gasteiger partial charge in [-0.15, -0.1) is 11.3 Å². The Labute approximate surface area is 213 Å². The SMILES string of the molecule is OC(COC1C[N+]2(CCCOc3ccccc3)CCC1CC2)(c1cccs1)C1CCCC1.[Br-]. The molecule has 0 radical (unpaired) electrons. The summed E-state index contributed by atoms with van der Waals surface area (Å²) in [5.41, 5.74) is -0.814. The van der Waals surface area contributed by atoms with Gasteiger partial charge in [0.15, 0.2) is 0 Å². The topological polar surface area (TPSA) is 38.7 Å². The maximum absolute atomic E-state index is 11.8. The number of ether oxygens (including phenoxy) is 2. The van der Waals surface area contributed by atoms with Gasteiger partial charge in [-0.1, -0.05) is 37.1 Å². The monoisotopic (exact) mass is 535 g/mol. The molecule has 4 nitrogen and oxygen atoms in total. The van der Waals surface area contributed by atoms with Crippen LogP contribution in [-0.4, -0.2) is 55.1 Å². The van der Waals surface area contributed by atoms with Crippen molar-refractivity contribution in [3.8, 4) is 5.75 Å². The molecule has 3 saturated heterocycles. The van der Waals surface area contributed by atoms with Gasteiger partial charge in [-0.3, -0.25) is 0 Å². The first-order valence-corrected chi connectivity index (χ1v) is 13.5. The third-order valence-corrected chi connectivity index (χ3v) is 9.36. The van der Waals surface area contributed by atoms with E-state index in [1.807, 2.05) is 30.3 Å². The number of benzene rings is 1. The summed E-state index contributed by atoms with van der Waals surface area (Å²) in [6.07, 6.45) is 8.56. The van der Waals surface area contributed by atoms with E-state index in [9.17, 15) is 5.11 Å². The highest BCUT2D eigenvalue weighted by Gasteiger charge is 2.48. The summed E-state index contributed by atoms with van der Waals surface area (Å²) in [5, 5.41) is 13.9. The van der Waals surface area contributed by atoms with Gasteiger partial charge in [-0.2, -0.15) is 0 Å². The quantitative estimate of drug-likeness (QED) is 0.374. The summed E-state index contributed by atoms with van der Waals surface area (Å²) >= 11 is 1.68. The van der Waals surface area contributed by atoms with Gasteiger partial charge in [-0.05, 0) is 42.3 Å². The molecule has 2 aromatic rings. The van der Waals surface area contributed by atoms with Crippen molar-refractivity contribution in [2.24, 2.45) is 11.8 Å². The average molecular weight is 537 g/mol. The minimum absolute atomic E-state index is 0. The molecule has 3 aliphatic heterocycles. The molecule has 1 N–H and O–H groups in total. The van der Waals surface area contributed by atoms with Gasteiger partial charge < -0.3 is 36.0 Å². The van der Waals surface area contributed by atoms with Crippen LogP contribution in [0.3, 0.4) is 0 Å². The van der Waals surface area contributed by atoms with E-state index in [4.69, 9.17) is 9.47 Å². The van der Waals surface area contributed by atoms with Crippen LogP contribution in [-0.2, 0) is 10.3 Å². The molecule has 1 aliphatic carbocycles. The smallest absolute Gasteiger partial charge is 0.125 e. The van der Waals surface area contributed by atoms with Crippen molar-refractivity contribution >= 4 is 11.3 Å². The van der Waals surface area contributed by atoms with Crippen LogP contribution in [0.15, 0.2) is 47.8 Å². The lowest BCUT2D eigenvalue weighted by Gasteiger charge is -2.53. The zero-order valence-corrected chi connectivity index (χ0v) is 21.9. The second-order valence-electron chi connectivity index (χ2n) is 10.3. The van der Waals surface area contributed by atoms with Gasteiger partial charge in [0.25, 0.3) is 0 Å². The van der Waals surface area contributed by atoms with E-state index in [0.717, 1.165) is 49.6 Å². The highest BCUT2D eigenvalue weighted by Crippen LogP contribution is 2.44. The van der Waals surface area contributed by atoms with Crippen molar-refractivity contribution in [2.45, 2.75) is 56.7 Å². The van der Waals surface area contributed by atoms with Crippen LogP contribution >= 0.6 is 11.3 Å². The maximum atomic E-state index is 11.8. The molecule has 182 valence electrons. The number of thiophene rings is 1. The van der Waals surface area contributed by atoms with E-state index < -0.39 is 5.60 Å². The van der Waals surface area contributed by atoms with Crippen LogP contribution in [0.1, 0.15) is 49.8 Å². The van der Waals surface area contributed by atoms with Gasteiger partial charge in [0.2, 0.25) is 0 Å². The van der Waals surface area contributed by atoms with Gasteiger partial charge in [0, 0.05) is 30.1 Å². The maximum Gasteiger partial charge on any atom is 0.125 e. The van der Waals surface area contributed by atoms with E-state index in [1.165, 1.54) is 43.3 Å². The molecule has 4 aliphatic rings. The molecule has 6 heteroatoms. The zero-order chi connectivity index (χ0) is 21.9. The summed E-state index contributed by atoms with van der Waals surface area (Å²) in [6, 6.07) is 14.3. The van der Waals surface area contributed by atoms with Crippen molar-refractivity contribution < 1.29 is 36.0 Å². The Kier molecular flexibility index (Phi) is 8.56. The van der Waals surface area contributed by atoms with E-state index in [1.54, 1.807) is 11.3 Å². The number of hydrogen-bond donors (Lipinski definition) is 1. The summed E-state index contributed by atoms with van der Waals surface area (Å²) in [7, 11) is 0. The number of fused-ring (bicyclic) bond motifs is 3. The number of nitrogens with zero attached hydrogens (tertiary/aromatic N) is 1. The fourth-order valence-corrected chi connectivity index (χ4v) is 7.27. The third kappa shape index (κ3) is 5.67. The Bertz CT molecular complexity index is 834. The number of halogens is 1. The molecule has 1 aromatic carbocycles. The van der Waals surface area contributed by atoms with Crippen molar-refractivity contribution in [1.82, 2.24) is 0 Å². The Morgan fingerprint density at radius 1 is 1.00 bits per heavy atom. The van der Waals surface area contributed by atoms with E-state index in [-0.39, 0.29) is 23.1 Å². The standard InChI is InChI=1S/C27H38NO3S.BrH/c29-27(23-8-4-5-9-23,26-12-6-19-32-26)21-31-25-20-28(16-13-22(25)14-17-28)15-7-18-30-24-10-2-1-3-11-24;/h1-3,6,10-12,19,22-23,25,29H,4-5,7-9,13-18,20-21H2;1H/q+1;/p-1. The molecular weight excluding hydrogens is 498 g/mol. The van der Waals surface area contributed by atoms with Crippen molar-refractivity contribution in [3.63, 3.8) is 0 Å². The number of quaternary nitrogens is 1. The summed E-state index contributed by atoms with van der Waals surface area (Å²) in [6.45, 7) is 6.04. The largest absolute Gasteiger partial charge is 1.00 e. The molecule has 2 bridgehead atoms. The van der Waals surface area contributed by atoms with Crippen LogP contribution in [0.2, 0.25) is 0 Å². The Balaban J connectivity index is 0.00000259. The Morgan fingerprint density at radius 2 is 1.76 bits per heavy atom. The number of para-hydroxylation sites is 1. The minimum atomic E-state index is -0.814. The predicted octanol–water partition coefficient (Wildman–Crippen LogP) is 2.22. The molecule has 2 atom stereocenters. The second kappa shape index (κ2) is 11.2. The Hall–Kier alpha value is -0.920. The first kappa shape index (κ1) is 25.2. The van der Waals surface area contributed by atoms with Gasteiger partial charge in [0.05, 0.1) is 32.8 Å². The lowest BCUT2D eigenvalue weighted by molar-refractivity contribution is -0.946. The molecule has 0 amide bonds.